The van der Waals surface area contributed by atoms with Gasteiger partial charge in [-0.2, -0.15) is 0 Å². The zero-order valence-electron chi connectivity index (χ0n) is 14.5. The second-order valence-electron chi connectivity index (χ2n) is 6.37. The number of unbranched alkanes of at least 4 members (excludes halogenated alkanes) is 1. The number of hydrogen-bond acceptors (Lipinski definition) is 5. The summed E-state index contributed by atoms with van der Waals surface area (Å²) in [5.41, 5.74) is 16.6. The highest BCUT2D eigenvalue weighted by atomic mass is 28.2. The molecular formula is C18H20N3O3Si. The van der Waals surface area contributed by atoms with Crippen molar-refractivity contribution in [3.8, 4) is 5.75 Å². The summed E-state index contributed by atoms with van der Waals surface area (Å²) in [7, 11) is 2.99. The summed E-state index contributed by atoms with van der Waals surface area (Å²) in [6, 6.07) is 0. The molecule has 1 heterocycles. The van der Waals surface area contributed by atoms with E-state index >= 15 is 0 Å². The van der Waals surface area contributed by atoms with E-state index in [9.17, 15) is 9.59 Å². The number of carbonyl (C=O) groups is 2. The maximum Gasteiger partial charge on any atom is 0.341 e. The Morgan fingerprint density at radius 2 is 1.60 bits per heavy atom. The Hall–Kier alpha value is -2.54. The molecule has 7 heteroatoms. The first kappa shape index (κ1) is 17.3. The van der Waals surface area contributed by atoms with Crippen LogP contribution in [0.1, 0.15) is 57.2 Å². The van der Waals surface area contributed by atoms with Crippen molar-refractivity contribution in [3.63, 3.8) is 0 Å². The Labute approximate surface area is 149 Å². The van der Waals surface area contributed by atoms with Gasteiger partial charge >= 0.3 is 10.5 Å². The Bertz CT molecular complexity index is 938. The van der Waals surface area contributed by atoms with Gasteiger partial charge in [-0.25, -0.2) is 0 Å². The molecular weight excluding hydrogens is 334 g/mol. The van der Waals surface area contributed by atoms with Crippen LogP contribution in [-0.4, -0.2) is 22.3 Å². The van der Waals surface area contributed by atoms with E-state index in [1.807, 2.05) is 13.8 Å². The Kier molecular flexibility index (Phi) is 4.20. The summed E-state index contributed by atoms with van der Waals surface area (Å²) < 4.78 is 5.22. The predicted molar refractivity (Wildman–Crippen MR) is 99.0 cm³/mol. The van der Waals surface area contributed by atoms with Gasteiger partial charge in [0.25, 0.3) is 11.8 Å². The third kappa shape index (κ3) is 2.30. The van der Waals surface area contributed by atoms with Crippen LogP contribution >= 0.6 is 0 Å². The van der Waals surface area contributed by atoms with Crippen molar-refractivity contribution in [1.29, 1.82) is 0 Å². The van der Waals surface area contributed by atoms with Crippen molar-refractivity contribution in [3.05, 3.63) is 27.8 Å². The maximum absolute atomic E-state index is 12.7. The molecule has 1 aliphatic rings. The van der Waals surface area contributed by atoms with Crippen LogP contribution in [0.25, 0.3) is 10.8 Å². The number of amides is 2. The first-order valence-electron chi connectivity index (χ1n) is 8.20. The van der Waals surface area contributed by atoms with Crippen LogP contribution in [-0.2, 0) is 6.42 Å². The molecule has 0 aromatic heterocycles. The van der Waals surface area contributed by atoms with E-state index < -0.39 is 11.8 Å². The summed E-state index contributed by atoms with van der Waals surface area (Å²) in [6.45, 7) is 5.81. The van der Waals surface area contributed by atoms with Crippen molar-refractivity contribution in [2.45, 2.75) is 40.0 Å². The van der Waals surface area contributed by atoms with E-state index in [1.165, 1.54) is 0 Å². The van der Waals surface area contributed by atoms with Crippen LogP contribution in [0.15, 0.2) is 0 Å². The van der Waals surface area contributed by atoms with Crippen molar-refractivity contribution in [2.75, 3.05) is 11.5 Å². The molecule has 0 saturated carbocycles. The normalized spacial score (nSPS) is 13.3. The van der Waals surface area contributed by atoms with Crippen molar-refractivity contribution < 1.29 is 14.0 Å². The summed E-state index contributed by atoms with van der Waals surface area (Å²) in [6.07, 6.45) is 2.54. The number of nitrogens with one attached hydrogen (secondary N) is 1. The molecule has 6 nitrogen and oxygen atoms in total. The third-order valence-corrected chi connectivity index (χ3v) is 5.17. The van der Waals surface area contributed by atoms with E-state index in [1.54, 1.807) is 0 Å². The molecule has 2 amide bonds. The predicted octanol–water partition coefficient (Wildman–Crippen LogP) is 2.31. The minimum atomic E-state index is -0.520. The number of carbonyl (C=O) groups excluding carboxylic acids is 2. The van der Waals surface area contributed by atoms with Gasteiger partial charge in [-0.05, 0) is 48.8 Å². The number of rotatable bonds is 4. The van der Waals surface area contributed by atoms with Crippen molar-refractivity contribution in [2.24, 2.45) is 0 Å². The largest absolute Gasteiger partial charge is 0.539 e. The highest BCUT2D eigenvalue weighted by Gasteiger charge is 2.34. The minimum absolute atomic E-state index is 0.221. The Morgan fingerprint density at radius 1 is 1.00 bits per heavy atom. The molecule has 0 atom stereocenters. The van der Waals surface area contributed by atoms with Crippen LogP contribution in [0.2, 0.25) is 0 Å². The first-order chi connectivity index (χ1) is 11.8. The lowest BCUT2D eigenvalue weighted by Gasteiger charge is -2.27. The summed E-state index contributed by atoms with van der Waals surface area (Å²) >= 11 is 0. The molecule has 5 N–H and O–H groups in total. The molecule has 3 rings (SSSR count). The molecule has 0 saturated heterocycles. The van der Waals surface area contributed by atoms with Gasteiger partial charge < -0.3 is 15.9 Å². The van der Waals surface area contributed by atoms with Gasteiger partial charge in [0.15, 0.2) is 0 Å². The van der Waals surface area contributed by atoms with Gasteiger partial charge in [0.05, 0.1) is 16.8 Å². The minimum Gasteiger partial charge on any atom is -0.539 e. The fourth-order valence-electron chi connectivity index (χ4n) is 3.65. The van der Waals surface area contributed by atoms with Gasteiger partial charge in [0, 0.05) is 11.1 Å². The highest BCUT2D eigenvalue weighted by Crippen LogP contribution is 2.45. The number of anilines is 2. The number of nitrogen functional groups attached to an aromatic ring is 2. The zero-order chi connectivity index (χ0) is 18.5. The van der Waals surface area contributed by atoms with Crippen molar-refractivity contribution >= 4 is 44.4 Å². The van der Waals surface area contributed by atoms with Crippen LogP contribution in [0.4, 0.5) is 11.4 Å². The fraction of sp³-hybridized carbons (Fsp3) is 0.333. The van der Waals surface area contributed by atoms with Gasteiger partial charge in [-0.3, -0.25) is 14.9 Å². The lowest BCUT2D eigenvalue weighted by molar-refractivity contribution is 0.0843. The number of imide groups is 1. The van der Waals surface area contributed by atoms with E-state index in [2.05, 4.69) is 22.7 Å². The number of benzene rings is 2. The lowest BCUT2D eigenvalue weighted by atomic mass is 9.83. The second kappa shape index (κ2) is 6.07. The second-order valence-corrected chi connectivity index (χ2v) is 6.58. The van der Waals surface area contributed by atoms with Gasteiger partial charge in [-0.15, -0.1) is 0 Å². The molecule has 0 bridgehead atoms. The smallest absolute Gasteiger partial charge is 0.341 e. The Balaban J connectivity index is 2.59. The quantitative estimate of drug-likeness (QED) is 0.444. The number of aryl methyl sites for hydroxylation is 2. The number of nitrogens with two attached hydrogens (primary N) is 2. The third-order valence-electron chi connectivity index (χ3n) is 4.97. The molecule has 0 fully saturated rings. The molecule has 0 aliphatic carbocycles. The maximum atomic E-state index is 12.7. The van der Waals surface area contributed by atoms with E-state index in [-0.39, 0.29) is 11.3 Å². The molecule has 0 spiro atoms. The van der Waals surface area contributed by atoms with Gasteiger partial charge in [0.2, 0.25) is 0 Å². The summed E-state index contributed by atoms with van der Waals surface area (Å²) in [5, 5.41) is 3.71. The molecule has 129 valence electrons. The van der Waals surface area contributed by atoms with Crippen LogP contribution in [0.3, 0.4) is 0 Å². The lowest BCUT2D eigenvalue weighted by Crippen LogP contribution is -2.36. The standard InChI is InChI=1S/C18H20N3O3Si/c1-4-5-6-9-11-12-10(7(2)14(9)19)8(3)15(20)16(24-25)13(12)18(23)21-17(11)22/h4-6,19-20H2,1-3H3,(H,21,22,23). The SMILES string of the molecule is CCCCc1c(N)c(C)c2c(C)c(N)c(O[Si])c3c2c1C(=O)NC3=O. The monoisotopic (exact) mass is 354 g/mol. The molecule has 3 radical (unpaired) electrons. The molecule has 25 heavy (non-hydrogen) atoms. The average molecular weight is 354 g/mol. The van der Waals surface area contributed by atoms with Crippen LogP contribution < -0.4 is 21.2 Å². The van der Waals surface area contributed by atoms with Gasteiger partial charge in [0.1, 0.15) is 5.75 Å². The Morgan fingerprint density at radius 3 is 2.20 bits per heavy atom. The molecule has 0 unspecified atom stereocenters. The zero-order valence-corrected chi connectivity index (χ0v) is 15.5. The topological polar surface area (TPSA) is 107 Å². The molecule has 2 aromatic rings. The highest BCUT2D eigenvalue weighted by molar-refractivity contribution is 6.30. The van der Waals surface area contributed by atoms with E-state index in [0.29, 0.717) is 28.7 Å². The summed E-state index contributed by atoms with van der Waals surface area (Å²) in [5.74, 6) is -0.726. The van der Waals surface area contributed by atoms with Crippen LogP contribution in [0.5, 0.6) is 5.75 Å². The number of hydrogen-bond donors (Lipinski definition) is 3. The first-order valence-corrected chi connectivity index (χ1v) is 8.61. The van der Waals surface area contributed by atoms with E-state index in [4.69, 9.17) is 15.9 Å². The summed E-state index contributed by atoms with van der Waals surface area (Å²) in [4.78, 5) is 25.2. The fourth-order valence-corrected chi connectivity index (χ4v) is 3.86. The average Bonchev–Trinajstić information content (AvgIpc) is 2.57. The molecule has 1 aliphatic heterocycles. The van der Waals surface area contributed by atoms with Crippen molar-refractivity contribution in [1.82, 2.24) is 5.32 Å². The molecule has 2 aromatic carbocycles. The van der Waals surface area contributed by atoms with Crippen LogP contribution in [0, 0.1) is 13.8 Å². The van der Waals surface area contributed by atoms with Gasteiger partial charge in [-0.1, -0.05) is 13.3 Å². The van der Waals surface area contributed by atoms with E-state index in [0.717, 1.165) is 34.9 Å².